The van der Waals surface area contributed by atoms with Crippen molar-refractivity contribution in [3.63, 3.8) is 0 Å². The van der Waals surface area contributed by atoms with Crippen molar-refractivity contribution in [2.75, 3.05) is 0 Å². The van der Waals surface area contributed by atoms with Crippen molar-refractivity contribution in [2.45, 2.75) is 30.9 Å². The predicted molar refractivity (Wildman–Crippen MR) is 76.7 cm³/mol. The lowest BCUT2D eigenvalue weighted by Crippen LogP contribution is -2.13. The van der Waals surface area contributed by atoms with Gasteiger partial charge in [-0.1, -0.05) is 12.1 Å². The van der Waals surface area contributed by atoms with Crippen LogP contribution < -0.4 is 0 Å². The van der Waals surface area contributed by atoms with Gasteiger partial charge in [0.2, 0.25) is 0 Å². The van der Waals surface area contributed by atoms with Crippen molar-refractivity contribution in [3.8, 4) is 11.1 Å². The van der Waals surface area contributed by atoms with Gasteiger partial charge in [-0.15, -0.1) is 0 Å². The zero-order chi connectivity index (χ0) is 14.0. The van der Waals surface area contributed by atoms with Gasteiger partial charge in [0.05, 0.1) is 10.1 Å². The average molecular weight is 275 g/mol. The van der Waals surface area contributed by atoms with E-state index in [4.69, 9.17) is 0 Å². The van der Waals surface area contributed by atoms with Crippen LogP contribution in [0.3, 0.4) is 0 Å². The van der Waals surface area contributed by atoms with Crippen LogP contribution in [0.15, 0.2) is 47.6 Å². The summed E-state index contributed by atoms with van der Waals surface area (Å²) in [6.07, 6.45) is 3.57. The summed E-state index contributed by atoms with van der Waals surface area (Å²) in [5.74, 6) is 0. The van der Waals surface area contributed by atoms with Crippen molar-refractivity contribution < 1.29 is 8.42 Å². The Labute approximate surface area is 114 Å². The standard InChI is InChI=1S/C15H17NO2S/c1-11(2)19(17,18)15-6-4-13(5-7-15)14-8-12(3)9-16-10-14/h4-11H,1-3H3. The number of hydrogen-bond acceptors (Lipinski definition) is 3. The molecule has 0 saturated heterocycles. The second kappa shape index (κ2) is 5.13. The first-order valence-corrected chi connectivity index (χ1v) is 7.72. The lowest BCUT2D eigenvalue weighted by atomic mass is 10.1. The molecule has 1 aromatic carbocycles. The molecule has 100 valence electrons. The molecule has 2 rings (SSSR count). The number of rotatable bonds is 3. The fourth-order valence-corrected chi connectivity index (χ4v) is 2.88. The van der Waals surface area contributed by atoms with Gasteiger partial charge in [-0.2, -0.15) is 0 Å². The van der Waals surface area contributed by atoms with E-state index >= 15 is 0 Å². The molecule has 0 fully saturated rings. The highest BCUT2D eigenvalue weighted by atomic mass is 32.2. The summed E-state index contributed by atoms with van der Waals surface area (Å²) in [5, 5.41) is -0.404. The number of sulfone groups is 1. The molecule has 0 aliphatic carbocycles. The van der Waals surface area contributed by atoms with Crippen LogP contribution in [0, 0.1) is 6.92 Å². The molecule has 0 saturated carbocycles. The van der Waals surface area contributed by atoms with Gasteiger partial charge < -0.3 is 0 Å². The van der Waals surface area contributed by atoms with Crippen LogP contribution in [0.25, 0.3) is 11.1 Å². The zero-order valence-electron chi connectivity index (χ0n) is 11.3. The smallest absolute Gasteiger partial charge is 0.180 e. The van der Waals surface area contributed by atoms with Crippen LogP contribution in [0.5, 0.6) is 0 Å². The molecule has 3 nitrogen and oxygen atoms in total. The fourth-order valence-electron chi connectivity index (χ4n) is 1.82. The molecule has 0 unspecified atom stereocenters. The van der Waals surface area contributed by atoms with Crippen LogP contribution >= 0.6 is 0 Å². The van der Waals surface area contributed by atoms with Crippen LogP contribution in [-0.4, -0.2) is 18.7 Å². The van der Waals surface area contributed by atoms with Crippen molar-refractivity contribution >= 4 is 9.84 Å². The third kappa shape index (κ3) is 2.84. The van der Waals surface area contributed by atoms with E-state index in [-0.39, 0.29) is 0 Å². The Hall–Kier alpha value is -1.68. The summed E-state index contributed by atoms with van der Waals surface area (Å²) in [4.78, 5) is 4.51. The molecule has 19 heavy (non-hydrogen) atoms. The second-order valence-corrected chi connectivity index (χ2v) is 7.37. The first kappa shape index (κ1) is 13.7. The van der Waals surface area contributed by atoms with Crippen molar-refractivity contribution in [1.82, 2.24) is 4.98 Å². The number of nitrogens with zero attached hydrogens (tertiary/aromatic N) is 1. The van der Waals surface area contributed by atoms with Gasteiger partial charge in [-0.3, -0.25) is 4.98 Å². The van der Waals surface area contributed by atoms with E-state index < -0.39 is 15.1 Å². The summed E-state index contributed by atoms with van der Waals surface area (Å²) in [6.45, 7) is 5.36. The normalized spacial score (nSPS) is 11.8. The van der Waals surface area contributed by atoms with E-state index in [9.17, 15) is 8.42 Å². The van der Waals surface area contributed by atoms with Gasteiger partial charge >= 0.3 is 0 Å². The summed E-state index contributed by atoms with van der Waals surface area (Å²) < 4.78 is 24.0. The quantitative estimate of drug-likeness (QED) is 0.864. The Morgan fingerprint density at radius 3 is 2.16 bits per heavy atom. The van der Waals surface area contributed by atoms with Gasteiger partial charge in [0.25, 0.3) is 0 Å². The molecule has 4 heteroatoms. The first-order chi connectivity index (χ1) is 8.91. The Kier molecular flexibility index (Phi) is 3.71. The number of aryl methyl sites for hydroxylation is 1. The Morgan fingerprint density at radius 2 is 1.63 bits per heavy atom. The molecule has 0 N–H and O–H groups in total. The van der Waals surface area contributed by atoms with Crippen molar-refractivity contribution in [3.05, 3.63) is 48.3 Å². The Morgan fingerprint density at radius 1 is 1.00 bits per heavy atom. The molecule has 0 bridgehead atoms. The van der Waals surface area contributed by atoms with Crippen molar-refractivity contribution in [2.24, 2.45) is 0 Å². The first-order valence-electron chi connectivity index (χ1n) is 6.17. The Balaban J connectivity index is 2.39. The average Bonchev–Trinajstić information content (AvgIpc) is 2.38. The highest BCUT2D eigenvalue weighted by Gasteiger charge is 2.18. The van der Waals surface area contributed by atoms with Crippen LogP contribution in [0.1, 0.15) is 19.4 Å². The third-order valence-electron chi connectivity index (χ3n) is 3.01. The van der Waals surface area contributed by atoms with Gasteiger partial charge in [-0.05, 0) is 50.1 Å². The predicted octanol–water partition coefficient (Wildman–Crippen LogP) is 3.24. The number of aromatic nitrogens is 1. The molecule has 2 aromatic rings. The molecule has 0 atom stereocenters. The minimum atomic E-state index is -3.20. The fraction of sp³-hybridized carbons (Fsp3) is 0.267. The van der Waals surface area contributed by atoms with E-state index in [0.29, 0.717) is 4.90 Å². The number of benzene rings is 1. The highest BCUT2D eigenvalue weighted by Crippen LogP contribution is 2.23. The molecular formula is C15H17NO2S. The molecular weight excluding hydrogens is 258 g/mol. The van der Waals surface area contributed by atoms with Crippen molar-refractivity contribution in [1.29, 1.82) is 0 Å². The lowest BCUT2D eigenvalue weighted by molar-refractivity contribution is 0.587. The van der Waals surface area contributed by atoms with E-state index in [1.54, 1.807) is 38.4 Å². The maximum Gasteiger partial charge on any atom is 0.180 e. The second-order valence-electron chi connectivity index (χ2n) is 4.87. The molecule has 1 aromatic heterocycles. The third-order valence-corrected chi connectivity index (χ3v) is 5.18. The SMILES string of the molecule is Cc1cncc(-c2ccc(S(=O)(=O)C(C)C)cc2)c1. The number of pyridine rings is 1. The van der Waals surface area contributed by atoms with Gasteiger partial charge in [0.1, 0.15) is 0 Å². The van der Waals surface area contributed by atoms with Crippen LogP contribution in [-0.2, 0) is 9.84 Å². The van der Waals surface area contributed by atoms with Gasteiger partial charge in [0.15, 0.2) is 9.84 Å². The number of hydrogen-bond donors (Lipinski definition) is 0. The molecule has 0 aliphatic rings. The maximum absolute atomic E-state index is 12.0. The lowest BCUT2D eigenvalue weighted by Gasteiger charge is -2.08. The monoisotopic (exact) mass is 275 g/mol. The van der Waals surface area contributed by atoms with E-state index in [1.165, 1.54) is 0 Å². The minimum absolute atomic E-state index is 0.367. The van der Waals surface area contributed by atoms with E-state index in [0.717, 1.165) is 16.7 Å². The molecule has 0 amide bonds. The Bertz CT molecular complexity index is 674. The van der Waals surface area contributed by atoms with Gasteiger partial charge in [0, 0.05) is 18.0 Å². The largest absolute Gasteiger partial charge is 0.264 e. The molecule has 0 radical (unpaired) electrons. The highest BCUT2D eigenvalue weighted by molar-refractivity contribution is 7.92. The van der Waals surface area contributed by atoms with Crippen LogP contribution in [0.2, 0.25) is 0 Å². The van der Waals surface area contributed by atoms with Gasteiger partial charge in [-0.25, -0.2) is 8.42 Å². The maximum atomic E-state index is 12.0. The summed E-state index contributed by atoms with van der Waals surface area (Å²) in [6, 6.07) is 9.00. The zero-order valence-corrected chi connectivity index (χ0v) is 12.1. The molecule has 0 aliphatic heterocycles. The topological polar surface area (TPSA) is 47.0 Å². The van der Waals surface area contributed by atoms with Crippen LogP contribution in [0.4, 0.5) is 0 Å². The summed E-state index contributed by atoms with van der Waals surface area (Å²) in [7, 11) is -3.20. The minimum Gasteiger partial charge on any atom is -0.264 e. The van der Waals surface area contributed by atoms with E-state index in [1.807, 2.05) is 25.1 Å². The summed E-state index contributed by atoms with van der Waals surface area (Å²) >= 11 is 0. The molecule has 1 heterocycles. The molecule has 0 spiro atoms. The summed E-state index contributed by atoms with van der Waals surface area (Å²) in [5.41, 5.74) is 3.05. The van der Waals surface area contributed by atoms with E-state index in [2.05, 4.69) is 4.98 Å².